The Morgan fingerprint density at radius 2 is 1.79 bits per heavy atom. The van der Waals surface area contributed by atoms with Crippen LogP contribution in [0.2, 0.25) is 10.0 Å². The Bertz CT molecular complexity index is 1230. The largest absolute Gasteiger partial charge is 0.489 e. The summed E-state index contributed by atoms with van der Waals surface area (Å²) in [6.07, 6.45) is 0. The molecule has 3 aromatic carbocycles. The van der Waals surface area contributed by atoms with Gasteiger partial charge in [0.05, 0.1) is 22.3 Å². The lowest BCUT2D eigenvalue weighted by atomic mass is 9.94. The molecule has 0 radical (unpaired) electrons. The zero-order valence-electron chi connectivity index (χ0n) is 17.7. The van der Waals surface area contributed by atoms with Crippen LogP contribution in [0.15, 0.2) is 84.1 Å². The minimum absolute atomic E-state index is 0.318. The molecule has 0 fully saturated rings. The topological polar surface area (TPSA) is 62.4 Å². The summed E-state index contributed by atoms with van der Waals surface area (Å²) < 4.78 is 6.13. The van der Waals surface area contributed by atoms with Gasteiger partial charge in [0.25, 0.3) is 5.91 Å². The van der Waals surface area contributed by atoms with E-state index in [2.05, 4.69) is 16.0 Å². The zero-order valence-corrected chi connectivity index (χ0v) is 20.0. The van der Waals surface area contributed by atoms with Gasteiger partial charge in [-0.2, -0.15) is 0 Å². The molecule has 168 valence electrons. The Hall–Kier alpha value is -3.06. The molecule has 8 heteroatoms. The second-order valence-corrected chi connectivity index (χ2v) is 8.71. The highest BCUT2D eigenvalue weighted by molar-refractivity contribution is 7.80. The number of benzene rings is 3. The number of anilines is 1. The molecule has 1 atom stereocenters. The fraction of sp³-hybridized carbons (Fsp3) is 0.120. The number of para-hydroxylation sites is 1. The minimum Gasteiger partial charge on any atom is -0.489 e. The first-order valence-electron chi connectivity index (χ1n) is 10.2. The predicted octanol–water partition coefficient (Wildman–Crippen LogP) is 6.00. The number of nitrogens with one attached hydrogen (secondary N) is 3. The molecule has 1 aliphatic heterocycles. The zero-order chi connectivity index (χ0) is 23.4. The maximum absolute atomic E-state index is 13.4. The van der Waals surface area contributed by atoms with Crippen molar-refractivity contribution in [1.82, 2.24) is 10.6 Å². The first kappa shape index (κ1) is 23.1. The third-order valence-electron chi connectivity index (χ3n) is 5.16. The van der Waals surface area contributed by atoms with Crippen molar-refractivity contribution in [2.24, 2.45) is 0 Å². The first-order chi connectivity index (χ1) is 15.9. The number of amides is 1. The summed E-state index contributed by atoms with van der Waals surface area (Å²) in [7, 11) is 0. The fourth-order valence-corrected chi connectivity index (χ4v) is 4.23. The third-order valence-corrected chi connectivity index (χ3v) is 5.94. The smallest absolute Gasteiger partial charge is 0.255 e. The van der Waals surface area contributed by atoms with Gasteiger partial charge in [0.2, 0.25) is 0 Å². The first-order valence-corrected chi connectivity index (χ1v) is 11.4. The van der Waals surface area contributed by atoms with Gasteiger partial charge in [-0.1, -0.05) is 65.7 Å². The lowest BCUT2D eigenvalue weighted by Crippen LogP contribution is -2.45. The van der Waals surface area contributed by atoms with E-state index in [4.69, 9.17) is 40.2 Å². The van der Waals surface area contributed by atoms with Crippen LogP contribution in [0.4, 0.5) is 5.69 Å². The number of rotatable bonds is 6. The number of carbonyl (C=O) groups is 1. The van der Waals surface area contributed by atoms with Crippen LogP contribution in [0, 0.1) is 0 Å². The number of carbonyl (C=O) groups excluding carboxylic acids is 1. The summed E-state index contributed by atoms with van der Waals surface area (Å²) >= 11 is 18.0. The second kappa shape index (κ2) is 10.3. The summed E-state index contributed by atoms with van der Waals surface area (Å²) in [5.41, 5.74) is 3.32. The molecule has 0 aliphatic carbocycles. The van der Waals surface area contributed by atoms with Gasteiger partial charge in [0.1, 0.15) is 12.4 Å². The SMILES string of the molecule is CC1=C(C(=O)Nc2ccccc2Cl)[C@@H](c2cc(Cl)ccc2OCc2ccccc2)NC(=S)N1. The molecule has 0 saturated heterocycles. The number of allylic oxidation sites excluding steroid dienone is 1. The van der Waals surface area contributed by atoms with Gasteiger partial charge < -0.3 is 20.7 Å². The average Bonchev–Trinajstić information content (AvgIpc) is 2.80. The summed E-state index contributed by atoms with van der Waals surface area (Å²) in [6.45, 7) is 2.17. The van der Waals surface area contributed by atoms with Crippen molar-refractivity contribution in [2.75, 3.05) is 5.32 Å². The molecule has 0 spiro atoms. The molecule has 5 nitrogen and oxygen atoms in total. The van der Waals surface area contributed by atoms with Crippen LogP contribution in [0.1, 0.15) is 24.1 Å². The van der Waals surface area contributed by atoms with E-state index in [9.17, 15) is 4.79 Å². The summed E-state index contributed by atoms with van der Waals surface area (Å²) in [5, 5.41) is 10.5. The van der Waals surface area contributed by atoms with Crippen molar-refractivity contribution in [2.45, 2.75) is 19.6 Å². The summed E-state index contributed by atoms with van der Waals surface area (Å²) in [5.74, 6) is 0.281. The lowest BCUT2D eigenvalue weighted by molar-refractivity contribution is -0.113. The van der Waals surface area contributed by atoms with Crippen molar-refractivity contribution in [3.05, 3.63) is 105 Å². The minimum atomic E-state index is -0.578. The van der Waals surface area contributed by atoms with Crippen molar-refractivity contribution in [3.63, 3.8) is 0 Å². The maximum Gasteiger partial charge on any atom is 0.255 e. The molecule has 1 aliphatic rings. The Labute approximate surface area is 207 Å². The summed E-state index contributed by atoms with van der Waals surface area (Å²) in [6, 6.07) is 21.7. The molecule has 0 unspecified atom stereocenters. The monoisotopic (exact) mass is 497 g/mol. The standard InChI is InChI=1S/C25H21Cl2N3O2S/c1-15-22(24(31)29-20-10-6-5-9-19(20)27)23(30-25(33)28-15)18-13-17(26)11-12-21(18)32-14-16-7-3-2-4-8-16/h2-13,23H,14H2,1H3,(H,29,31)(H2,28,30,33)/t23-/m1/s1. The van der Waals surface area contributed by atoms with E-state index in [0.29, 0.717) is 50.0 Å². The van der Waals surface area contributed by atoms with E-state index in [1.54, 1.807) is 49.4 Å². The van der Waals surface area contributed by atoms with Crippen LogP contribution >= 0.6 is 35.4 Å². The fourth-order valence-electron chi connectivity index (χ4n) is 3.59. The van der Waals surface area contributed by atoms with Crippen LogP contribution in [0.3, 0.4) is 0 Å². The third kappa shape index (κ3) is 5.47. The van der Waals surface area contributed by atoms with E-state index < -0.39 is 6.04 Å². The maximum atomic E-state index is 13.4. The molecular formula is C25H21Cl2N3O2S. The molecule has 3 aromatic rings. The Morgan fingerprint density at radius 3 is 2.55 bits per heavy atom. The van der Waals surface area contributed by atoms with Gasteiger partial charge in [0.15, 0.2) is 5.11 Å². The van der Waals surface area contributed by atoms with E-state index in [1.807, 2.05) is 30.3 Å². The van der Waals surface area contributed by atoms with E-state index in [1.165, 1.54) is 0 Å². The number of hydrogen-bond donors (Lipinski definition) is 3. The van der Waals surface area contributed by atoms with Crippen LogP contribution in [0.25, 0.3) is 0 Å². The van der Waals surface area contributed by atoms with Gasteiger partial charge in [-0.05, 0) is 55.0 Å². The van der Waals surface area contributed by atoms with Crippen molar-refractivity contribution >= 4 is 52.1 Å². The number of thiocarbonyl (C=S) groups is 1. The van der Waals surface area contributed by atoms with Crippen molar-refractivity contribution in [1.29, 1.82) is 0 Å². The molecule has 0 saturated carbocycles. The number of halogens is 2. The van der Waals surface area contributed by atoms with Gasteiger partial charge in [-0.25, -0.2) is 0 Å². The van der Waals surface area contributed by atoms with Crippen molar-refractivity contribution < 1.29 is 9.53 Å². The van der Waals surface area contributed by atoms with E-state index in [0.717, 1.165) is 5.56 Å². The van der Waals surface area contributed by atoms with Crippen LogP contribution in [-0.4, -0.2) is 11.0 Å². The number of ether oxygens (including phenoxy) is 1. The quantitative estimate of drug-likeness (QED) is 0.364. The molecule has 0 bridgehead atoms. The van der Waals surface area contributed by atoms with Crippen LogP contribution in [0.5, 0.6) is 5.75 Å². The van der Waals surface area contributed by atoms with Gasteiger partial charge in [0, 0.05) is 16.3 Å². The molecule has 3 N–H and O–H groups in total. The van der Waals surface area contributed by atoms with E-state index >= 15 is 0 Å². The highest BCUT2D eigenvalue weighted by atomic mass is 35.5. The molecule has 1 amide bonds. The number of hydrogen-bond acceptors (Lipinski definition) is 3. The normalized spacial score (nSPS) is 15.5. The predicted molar refractivity (Wildman–Crippen MR) is 137 cm³/mol. The van der Waals surface area contributed by atoms with Gasteiger partial charge in [-0.3, -0.25) is 4.79 Å². The second-order valence-electron chi connectivity index (χ2n) is 7.46. The average molecular weight is 498 g/mol. The molecular weight excluding hydrogens is 477 g/mol. The summed E-state index contributed by atoms with van der Waals surface area (Å²) in [4.78, 5) is 13.4. The van der Waals surface area contributed by atoms with Gasteiger partial charge in [-0.15, -0.1) is 0 Å². The molecule has 0 aromatic heterocycles. The Morgan fingerprint density at radius 1 is 1.06 bits per heavy atom. The Kier molecular flexibility index (Phi) is 7.18. The van der Waals surface area contributed by atoms with Crippen LogP contribution in [-0.2, 0) is 11.4 Å². The van der Waals surface area contributed by atoms with Crippen molar-refractivity contribution in [3.8, 4) is 5.75 Å². The van der Waals surface area contributed by atoms with Crippen LogP contribution < -0.4 is 20.7 Å². The molecule has 33 heavy (non-hydrogen) atoms. The molecule has 4 rings (SSSR count). The highest BCUT2D eigenvalue weighted by Gasteiger charge is 2.32. The van der Waals surface area contributed by atoms with E-state index in [-0.39, 0.29) is 5.91 Å². The lowest BCUT2D eigenvalue weighted by Gasteiger charge is -2.31. The molecule has 1 heterocycles. The highest BCUT2D eigenvalue weighted by Crippen LogP contribution is 2.36. The Balaban J connectivity index is 1.69. The van der Waals surface area contributed by atoms with Gasteiger partial charge >= 0.3 is 0 Å².